The third-order valence-electron chi connectivity index (χ3n) is 5.49. The predicted octanol–water partition coefficient (Wildman–Crippen LogP) is 5.88. The highest BCUT2D eigenvalue weighted by atomic mass is 32.2. The zero-order valence-electron chi connectivity index (χ0n) is 19.9. The van der Waals surface area contributed by atoms with E-state index in [0.29, 0.717) is 41.2 Å². The maximum atomic E-state index is 13.0. The maximum absolute atomic E-state index is 13.0. The Morgan fingerprint density at radius 2 is 1.70 bits per heavy atom. The lowest BCUT2D eigenvalue weighted by atomic mass is 10.0. The summed E-state index contributed by atoms with van der Waals surface area (Å²) in [5.41, 5.74) is 1.60. The van der Waals surface area contributed by atoms with Crippen molar-refractivity contribution in [2.75, 3.05) is 23.7 Å². The molecule has 0 spiro atoms. The fourth-order valence-corrected chi connectivity index (χ4v) is 8.30. The Morgan fingerprint density at radius 1 is 1.06 bits per heavy atom. The minimum absolute atomic E-state index is 0.0441. The molecule has 1 atom stereocenters. The molecule has 0 fully saturated rings. The van der Waals surface area contributed by atoms with Gasteiger partial charge in [-0.3, -0.25) is 0 Å². The van der Waals surface area contributed by atoms with Gasteiger partial charge in [-0.05, 0) is 38.3 Å². The van der Waals surface area contributed by atoms with Crippen molar-refractivity contribution < 1.29 is 13.5 Å². The van der Waals surface area contributed by atoms with Gasteiger partial charge in [-0.2, -0.15) is 13.1 Å². The van der Waals surface area contributed by atoms with E-state index in [2.05, 4.69) is 53.1 Å². The molecule has 3 rings (SSSR count). The molecule has 0 aliphatic heterocycles. The highest BCUT2D eigenvalue weighted by molar-refractivity contribution is 7.91. The van der Waals surface area contributed by atoms with Gasteiger partial charge >= 0.3 is 0 Å². The quantitative estimate of drug-likeness (QED) is 0.301. The van der Waals surface area contributed by atoms with Crippen molar-refractivity contribution in [1.29, 1.82) is 0 Å². The van der Waals surface area contributed by atoms with E-state index in [1.54, 1.807) is 32.1 Å². The minimum Gasteiger partial charge on any atom is -0.504 e. The van der Waals surface area contributed by atoms with Crippen LogP contribution in [0.5, 0.6) is 5.75 Å². The van der Waals surface area contributed by atoms with Crippen molar-refractivity contribution in [1.82, 2.24) is 13.1 Å². The van der Waals surface area contributed by atoms with E-state index in [1.165, 1.54) is 19.6 Å². The number of anilines is 3. The lowest BCUT2D eigenvalue weighted by Crippen LogP contribution is -2.30. The number of nitrogens with one attached hydrogen (secondary N) is 2. The second-order valence-electron chi connectivity index (χ2n) is 8.10. The molecule has 0 bridgehead atoms. The first-order valence-corrected chi connectivity index (χ1v) is 14.6. The van der Waals surface area contributed by atoms with Crippen LogP contribution in [0.3, 0.4) is 0 Å². The zero-order valence-corrected chi connectivity index (χ0v) is 23.2. The molecule has 8 nitrogen and oxygen atoms in total. The second kappa shape index (κ2) is 10.3. The van der Waals surface area contributed by atoms with E-state index in [0.717, 1.165) is 23.1 Å². The molecule has 0 radical (unpaired) electrons. The average molecular weight is 530 g/mol. The van der Waals surface area contributed by atoms with Crippen molar-refractivity contribution in [3.05, 3.63) is 26.3 Å². The van der Waals surface area contributed by atoms with Crippen LogP contribution in [0.4, 0.5) is 17.3 Å². The molecule has 0 saturated carbocycles. The van der Waals surface area contributed by atoms with Crippen LogP contribution in [0, 0.1) is 26.7 Å². The van der Waals surface area contributed by atoms with Crippen LogP contribution in [-0.2, 0) is 10.0 Å². The Labute approximate surface area is 208 Å². The summed E-state index contributed by atoms with van der Waals surface area (Å²) in [4.78, 5) is 3.16. The van der Waals surface area contributed by atoms with Crippen LogP contribution in [0.25, 0.3) is 0 Å². The normalized spacial score (nSPS) is 13.1. The van der Waals surface area contributed by atoms with Gasteiger partial charge < -0.3 is 15.7 Å². The summed E-state index contributed by atoms with van der Waals surface area (Å²) >= 11 is 3.86. The first-order chi connectivity index (χ1) is 15.5. The number of thiophene rings is 2. The largest absolute Gasteiger partial charge is 0.504 e. The summed E-state index contributed by atoms with van der Waals surface area (Å²) in [6.45, 7) is 14.5. The van der Waals surface area contributed by atoms with Gasteiger partial charge in [0.1, 0.15) is 0 Å². The fraction of sp³-hybridized carbons (Fsp3) is 0.524. The van der Waals surface area contributed by atoms with Gasteiger partial charge in [0, 0.05) is 27.7 Å². The Balaban J connectivity index is 1.91. The number of nitrogens with zero attached hydrogens (tertiary/aromatic N) is 3. The molecule has 3 aromatic heterocycles. The lowest BCUT2D eigenvalue weighted by Gasteiger charge is -2.21. The number of aromatic nitrogens is 2. The minimum atomic E-state index is -3.78. The van der Waals surface area contributed by atoms with Crippen LogP contribution in [0.1, 0.15) is 53.9 Å². The first-order valence-electron chi connectivity index (χ1n) is 10.8. The molecule has 182 valence electrons. The molecule has 3 heterocycles. The van der Waals surface area contributed by atoms with E-state index in [-0.39, 0.29) is 16.0 Å². The lowest BCUT2D eigenvalue weighted by molar-refractivity contribution is 0.434. The van der Waals surface area contributed by atoms with Gasteiger partial charge in [0.2, 0.25) is 0 Å². The van der Waals surface area contributed by atoms with Crippen LogP contribution in [-0.4, -0.2) is 39.7 Å². The van der Waals surface area contributed by atoms with Crippen LogP contribution in [0.15, 0.2) is 10.3 Å². The monoisotopic (exact) mass is 529 g/mol. The summed E-state index contributed by atoms with van der Waals surface area (Å²) in [6, 6.07) is 2.24. The molecule has 0 aliphatic carbocycles. The van der Waals surface area contributed by atoms with E-state index < -0.39 is 10.0 Å². The third-order valence-corrected chi connectivity index (χ3v) is 10.9. The van der Waals surface area contributed by atoms with Gasteiger partial charge in [0.25, 0.3) is 10.0 Å². The SMILES string of the molecule is CCN(CC)S(=O)(=O)c1sc(C)c(Nc2nsnc2N[C@@H](c2cc(C)c(C)s2)C(C)C)c1O. The Morgan fingerprint density at radius 3 is 2.24 bits per heavy atom. The predicted molar refractivity (Wildman–Crippen MR) is 139 cm³/mol. The van der Waals surface area contributed by atoms with Crippen molar-refractivity contribution in [2.45, 2.75) is 58.7 Å². The number of hydrogen-bond donors (Lipinski definition) is 3. The van der Waals surface area contributed by atoms with Crippen molar-refractivity contribution in [3.63, 3.8) is 0 Å². The summed E-state index contributed by atoms with van der Waals surface area (Å²) in [6.07, 6.45) is 0. The van der Waals surface area contributed by atoms with Crippen LogP contribution >= 0.6 is 34.4 Å². The van der Waals surface area contributed by atoms with Crippen LogP contribution < -0.4 is 10.6 Å². The molecule has 0 aliphatic rings. The molecule has 3 N–H and O–H groups in total. The molecule has 33 heavy (non-hydrogen) atoms. The number of sulfonamides is 1. The van der Waals surface area contributed by atoms with Crippen LogP contribution in [0.2, 0.25) is 0 Å². The van der Waals surface area contributed by atoms with Crippen molar-refractivity contribution in [3.8, 4) is 5.75 Å². The van der Waals surface area contributed by atoms with Gasteiger partial charge in [0.05, 0.1) is 23.5 Å². The number of hydrogen-bond acceptors (Lipinski definition) is 10. The molecule has 0 amide bonds. The number of aryl methyl sites for hydroxylation is 3. The highest BCUT2D eigenvalue weighted by Crippen LogP contribution is 2.45. The fourth-order valence-electron chi connectivity index (χ4n) is 3.46. The summed E-state index contributed by atoms with van der Waals surface area (Å²) < 4.78 is 36.0. The molecular weight excluding hydrogens is 499 g/mol. The van der Waals surface area contributed by atoms with E-state index in [4.69, 9.17) is 0 Å². The summed E-state index contributed by atoms with van der Waals surface area (Å²) in [5.74, 6) is 1.05. The number of aromatic hydroxyl groups is 1. The standard InChI is InChI=1S/C21H31N5O3S4/c1-8-26(9-2)33(28,29)21-18(27)17(14(7)31-21)23-20-19(24-32-25-20)22-16(11(3)4)15-10-12(5)13(6)30-15/h10-11,16,27H,8-9H2,1-7H3,(H,22,24)(H,23,25)/t16-/m1/s1. The third kappa shape index (κ3) is 5.19. The average Bonchev–Trinajstić information content (AvgIpc) is 3.41. The van der Waals surface area contributed by atoms with Gasteiger partial charge in [-0.25, -0.2) is 8.42 Å². The smallest absolute Gasteiger partial charge is 0.256 e. The topological polar surface area (TPSA) is 107 Å². The molecule has 12 heteroatoms. The second-order valence-corrected chi connectivity index (χ2v) is 13.3. The highest BCUT2D eigenvalue weighted by Gasteiger charge is 2.31. The molecule has 0 unspecified atom stereocenters. The Bertz CT molecular complexity index is 1190. The molecular formula is C21H31N5O3S4. The van der Waals surface area contributed by atoms with Gasteiger partial charge in [0.15, 0.2) is 21.6 Å². The molecule has 3 aromatic rings. The maximum Gasteiger partial charge on any atom is 0.256 e. The van der Waals surface area contributed by atoms with Crippen molar-refractivity contribution in [2.24, 2.45) is 5.92 Å². The van der Waals surface area contributed by atoms with E-state index in [1.807, 2.05) is 0 Å². The zero-order chi connectivity index (χ0) is 24.5. The van der Waals surface area contributed by atoms with Crippen molar-refractivity contribution >= 4 is 61.7 Å². The molecule has 0 saturated heterocycles. The summed E-state index contributed by atoms with van der Waals surface area (Å²) in [5, 5.41) is 17.5. The Kier molecular flexibility index (Phi) is 8.05. The van der Waals surface area contributed by atoms with E-state index >= 15 is 0 Å². The first kappa shape index (κ1) is 25.9. The number of rotatable bonds is 10. The molecule has 0 aromatic carbocycles. The van der Waals surface area contributed by atoms with Gasteiger partial charge in [-0.1, -0.05) is 27.7 Å². The van der Waals surface area contributed by atoms with E-state index in [9.17, 15) is 13.5 Å². The van der Waals surface area contributed by atoms with Gasteiger partial charge in [-0.15, -0.1) is 22.7 Å². The Hall–Kier alpha value is -1.73. The summed E-state index contributed by atoms with van der Waals surface area (Å²) in [7, 11) is -3.78.